The lowest BCUT2D eigenvalue weighted by atomic mass is 9.47. The first-order chi connectivity index (χ1) is 9.97. The highest BCUT2D eigenvalue weighted by molar-refractivity contribution is 6.14. The third-order valence-electron chi connectivity index (χ3n) is 6.40. The van der Waals surface area contributed by atoms with Crippen LogP contribution >= 0.6 is 0 Å². The average Bonchev–Trinajstić information content (AvgIpc) is 2.35. The summed E-state index contributed by atoms with van der Waals surface area (Å²) in [6.45, 7) is 2.01. The van der Waals surface area contributed by atoms with E-state index in [2.05, 4.69) is 5.32 Å². The van der Waals surface area contributed by atoms with Gasteiger partial charge in [-0.05, 0) is 68.6 Å². The van der Waals surface area contributed by atoms with Gasteiger partial charge in [0, 0.05) is 6.04 Å². The van der Waals surface area contributed by atoms with Crippen molar-refractivity contribution in [1.29, 1.82) is 0 Å². The molecule has 0 unspecified atom stereocenters. The number of carbonyl (C=O) groups excluding carboxylic acids is 3. The van der Waals surface area contributed by atoms with E-state index in [0.29, 0.717) is 0 Å². The third-order valence-corrected chi connectivity index (χ3v) is 6.40. The maximum absolute atomic E-state index is 12.2. The maximum atomic E-state index is 12.2. The molecule has 4 aliphatic carbocycles. The lowest BCUT2D eigenvalue weighted by Gasteiger charge is -2.60. The molecule has 4 amide bonds. The number of barbiturate groups is 1. The van der Waals surface area contributed by atoms with E-state index in [1.807, 2.05) is 6.92 Å². The van der Waals surface area contributed by atoms with Crippen LogP contribution in [0.5, 0.6) is 0 Å². The quantitative estimate of drug-likeness (QED) is 0.792. The van der Waals surface area contributed by atoms with Gasteiger partial charge in [-0.25, -0.2) is 4.79 Å². The second-order valence-corrected chi connectivity index (χ2v) is 7.75. The second kappa shape index (κ2) is 4.31. The molecule has 114 valence electrons. The summed E-state index contributed by atoms with van der Waals surface area (Å²) in [6.07, 6.45) is 7.25. The van der Waals surface area contributed by atoms with Crippen molar-refractivity contribution in [2.45, 2.75) is 57.9 Å². The summed E-state index contributed by atoms with van der Waals surface area (Å²) in [7, 11) is 0. The van der Waals surface area contributed by atoms with Crippen molar-refractivity contribution in [3.8, 4) is 0 Å². The minimum absolute atomic E-state index is 0.0912. The Labute approximate surface area is 124 Å². The van der Waals surface area contributed by atoms with E-state index in [9.17, 15) is 14.4 Å². The van der Waals surface area contributed by atoms with Crippen molar-refractivity contribution in [1.82, 2.24) is 10.2 Å². The number of amides is 4. The Bertz CT molecular complexity index is 472. The Kier molecular flexibility index (Phi) is 2.72. The van der Waals surface area contributed by atoms with E-state index in [1.165, 1.54) is 24.2 Å². The number of imide groups is 2. The number of nitrogens with zero attached hydrogens (tertiary/aromatic N) is 1. The molecule has 5 nitrogen and oxygen atoms in total. The molecule has 5 aliphatic rings. The number of rotatable bonds is 2. The summed E-state index contributed by atoms with van der Waals surface area (Å²) in [5.41, 5.74) is 0.0993. The molecule has 1 N–H and O–H groups in total. The smallest absolute Gasteiger partial charge is 0.277 e. The van der Waals surface area contributed by atoms with Gasteiger partial charge in [-0.3, -0.25) is 19.8 Å². The molecule has 5 fully saturated rings. The van der Waals surface area contributed by atoms with Gasteiger partial charge < -0.3 is 0 Å². The first kappa shape index (κ1) is 13.3. The van der Waals surface area contributed by atoms with E-state index in [4.69, 9.17) is 0 Å². The molecule has 5 rings (SSSR count). The lowest BCUT2D eigenvalue weighted by molar-refractivity contribution is -0.145. The van der Waals surface area contributed by atoms with Crippen molar-refractivity contribution in [2.24, 2.45) is 23.2 Å². The van der Waals surface area contributed by atoms with Crippen LogP contribution in [0.1, 0.15) is 51.9 Å². The van der Waals surface area contributed by atoms with Crippen LogP contribution in [0.3, 0.4) is 0 Å². The van der Waals surface area contributed by atoms with Gasteiger partial charge in [-0.1, -0.05) is 0 Å². The van der Waals surface area contributed by atoms with Gasteiger partial charge in [0.2, 0.25) is 11.8 Å². The van der Waals surface area contributed by atoms with E-state index in [1.54, 1.807) is 0 Å². The fourth-order valence-electron chi connectivity index (χ4n) is 5.91. The summed E-state index contributed by atoms with van der Waals surface area (Å²) in [5.74, 6) is 1.54. The topological polar surface area (TPSA) is 66.5 Å². The van der Waals surface area contributed by atoms with Crippen LogP contribution in [0.15, 0.2) is 0 Å². The molecule has 1 atom stereocenters. The molecule has 0 aromatic heterocycles. The summed E-state index contributed by atoms with van der Waals surface area (Å²) in [5, 5.41) is 2.30. The first-order valence-electron chi connectivity index (χ1n) is 8.13. The zero-order chi connectivity index (χ0) is 14.8. The minimum Gasteiger partial charge on any atom is -0.277 e. The van der Waals surface area contributed by atoms with Crippen molar-refractivity contribution < 1.29 is 14.4 Å². The van der Waals surface area contributed by atoms with E-state index in [-0.39, 0.29) is 23.8 Å². The zero-order valence-electron chi connectivity index (χ0n) is 12.4. The Morgan fingerprint density at radius 2 is 1.57 bits per heavy atom. The van der Waals surface area contributed by atoms with E-state index in [0.717, 1.165) is 37.0 Å². The predicted octanol–water partition coefficient (Wildman–Crippen LogP) is 2.06. The molecule has 0 spiro atoms. The summed E-state index contributed by atoms with van der Waals surface area (Å²) >= 11 is 0. The van der Waals surface area contributed by atoms with Crippen LogP contribution in [-0.4, -0.2) is 28.8 Å². The highest BCUT2D eigenvalue weighted by Crippen LogP contribution is 2.62. The van der Waals surface area contributed by atoms with Crippen LogP contribution < -0.4 is 5.32 Å². The Morgan fingerprint density at radius 3 is 2.05 bits per heavy atom. The van der Waals surface area contributed by atoms with E-state index < -0.39 is 11.9 Å². The molecular formula is C16H22N2O3. The molecule has 5 heteroatoms. The monoisotopic (exact) mass is 290 g/mol. The second-order valence-electron chi connectivity index (χ2n) is 7.75. The SMILES string of the molecule is C[C@H](N1C(=O)CC(=O)NC1=O)C12CC3CC(CC(C3)C1)C2. The predicted molar refractivity (Wildman–Crippen MR) is 75.1 cm³/mol. The average molecular weight is 290 g/mol. The summed E-state index contributed by atoms with van der Waals surface area (Å²) in [6, 6.07) is -0.606. The number of urea groups is 1. The number of nitrogens with one attached hydrogen (secondary N) is 1. The largest absolute Gasteiger partial charge is 0.331 e. The Morgan fingerprint density at radius 1 is 1.05 bits per heavy atom. The van der Waals surface area contributed by atoms with Crippen LogP contribution in [0.4, 0.5) is 4.79 Å². The maximum Gasteiger partial charge on any atom is 0.331 e. The molecule has 4 bridgehead atoms. The van der Waals surface area contributed by atoms with Crippen LogP contribution in [0.2, 0.25) is 0 Å². The van der Waals surface area contributed by atoms with Gasteiger partial charge in [0.05, 0.1) is 0 Å². The van der Waals surface area contributed by atoms with Crippen LogP contribution in [0.25, 0.3) is 0 Å². The number of hydrogen-bond acceptors (Lipinski definition) is 3. The fraction of sp³-hybridized carbons (Fsp3) is 0.812. The fourth-order valence-corrected chi connectivity index (χ4v) is 5.91. The summed E-state index contributed by atoms with van der Waals surface area (Å²) in [4.78, 5) is 37.0. The number of carbonyl (C=O) groups is 3. The molecule has 1 saturated heterocycles. The van der Waals surface area contributed by atoms with Crippen LogP contribution in [-0.2, 0) is 9.59 Å². The van der Waals surface area contributed by atoms with Crippen molar-refractivity contribution in [3.63, 3.8) is 0 Å². The first-order valence-corrected chi connectivity index (χ1v) is 8.13. The molecule has 21 heavy (non-hydrogen) atoms. The van der Waals surface area contributed by atoms with Gasteiger partial charge in [0.25, 0.3) is 0 Å². The zero-order valence-corrected chi connectivity index (χ0v) is 12.4. The van der Waals surface area contributed by atoms with Gasteiger partial charge in [0.15, 0.2) is 0 Å². The Hall–Kier alpha value is -1.39. The Balaban J connectivity index is 1.62. The van der Waals surface area contributed by atoms with Crippen molar-refractivity contribution in [3.05, 3.63) is 0 Å². The van der Waals surface area contributed by atoms with Crippen LogP contribution in [0, 0.1) is 23.2 Å². The number of hydrogen-bond donors (Lipinski definition) is 1. The van der Waals surface area contributed by atoms with Gasteiger partial charge in [0.1, 0.15) is 6.42 Å². The standard InChI is InChI=1S/C16H22N2O3/c1-9(18-14(20)5-13(19)17-15(18)21)16-6-10-2-11(7-16)4-12(3-10)8-16/h9-12H,2-8H2,1H3,(H,17,19,21)/t9-,10?,11?,12?,16?/m0/s1. The lowest BCUT2D eigenvalue weighted by Crippen LogP contribution is -2.63. The van der Waals surface area contributed by atoms with Gasteiger partial charge in [-0.2, -0.15) is 0 Å². The molecule has 1 heterocycles. The molecule has 1 aliphatic heterocycles. The van der Waals surface area contributed by atoms with Gasteiger partial charge >= 0.3 is 6.03 Å². The van der Waals surface area contributed by atoms with Gasteiger partial charge in [-0.15, -0.1) is 0 Å². The van der Waals surface area contributed by atoms with Crippen molar-refractivity contribution in [2.75, 3.05) is 0 Å². The van der Waals surface area contributed by atoms with Crippen molar-refractivity contribution >= 4 is 17.8 Å². The molecular weight excluding hydrogens is 268 g/mol. The highest BCUT2D eigenvalue weighted by atomic mass is 16.2. The molecule has 4 saturated carbocycles. The molecule has 0 radical (unpaired) electrons. The van der Waals surface area contributed by atoms with E-state index >= 15 is 0 Å². The highest BCUT2D eigenvalue weighted by Gasteiger charge is 2.56. The normalized spacial score (nSPS) is 43.2. The summed E-state index contributed by atoms with van der Waals surface area (Å²) < 4.78 is 0. The minimum atomic E-state index is -0.514. The molecule has 0 aromatic rings. The third kappa shape index (κ3) is 1.93. The molecule has 0 aromatic carbocycles.